The molecule has 0 aliphatic rings. The molecule has 13 heavy (non-hydrogen) atoms. The molecule has 0 aliphatic heterocycles. The number of amides is 1. The van der Waals surface area contributed by atoms with Gasteiger partial charge in [-0.05, 0) is 12.1 Å². The van der Waals surface area contributed by atoms with Crippen LogP contribution in [0.5, 0.6) is 0 Å². The van der Waals surface area contributed by atoms with Crippen molar-refractivity contribution >= 4 is 16.7 Å². The van der Waals surface area contributed by atoms with E-state index in [1.165, 1.54) is 6.07 Å². The molecule has 1 aromatic heterocycles. The molecule has 72 valence electrons. The van der Waals surface area contributed by atoms with E-state index in [1.54, 1.807) is 6.07 Å². The SMILES string of the molecule is CCS(=O)Cc1ccc(C(N)=O)o1. The molecule has 0 saturated carbocycles. The summed E-state index contributed by atoms with van der Waals surface area (Å²) < 4.78 is 16.1. The van der Waals surface area contributed by atoms with Gasteiger partial charge in [0.25, 0.3) is 5.91 Å². The molecule has 1 unspecified atom stereocenters. The first-order chi connectivity index (χ1) is 6.13. The van der Waals surface area contributed by atoms with Crippen LogP contribution in [-0.2, 0) is 16.6 Å². The molecule has 1 heterocycles. The lowest BCUT2D eigenvalue weighted by Crippen LogP contribution is -2.09. The second kappa shape index (κ2) is 4.23. The highest BCUT2D eigenvalue weighted by Gasteiger charge is 2.08. The average Bonchev–Trinajstić information content (AvgIpc) is 2.52. The maximum atomic E-state index is 11.1. The maximum absolute atomic E-state index is 11.1. The van der Waals surface area contributed by atoms with Gasteiger partial charge in [0.15, 0.2) is 5.76 Å². The Balaban J connectivity index is 2.69. The Kier molecular flexibility index (Phi) is 3.25. The molecule has 4 nitrogen and oxygen atoms in total. The van der Waals surface area contributed by atoms with Crippen molar-refractivity contribution in [3.63, 3.8) is 0 Å². The topological polar surface area (TPSA) is 73.3 Å². The van der Waals surface area contributed by atoms with E-state index >= 15 is 0 Å². The summed E-state index contributed by atoms with van der Waals surface area (Å²) in [7, 11) is -0.924. The Morgan fingerprint density at radius 3 is 2.77 bits per heavy atom. The molecule has 0 aromatic carbocycles. The third-order valence-electron chi connectivity index (χ3n) is 1.53. The molecule has 2 N–H and O–H groups in total. The van der Waals surface area contributed by atoms with Crippen molar-refractivity contribution in [2.45, 2.75) is 12.7 Å². The number of hydrogen-bond donors (Lipinski definition) is 1. The van der Waals surface area contributed by atoms with Crippen molar-refractivity contribution in [2.75, 3.05) is 5.75 Å². The Labute approximate surface area is 78.6 Å². The number of rotatable bonds is 4. The van der Waals surface area contributed by atoms with Gasteiger partial charge in [0.05, 0.1) is 5.75 Å². The highest BCUT2D eigenvalue weighted by Crippen LogP contribution is 2.09. The normalized spacial score (nSPS) is 12.7. The molecule has 0 bridgehead atoms. The van der Waals surface area contributed by atoms with Crippen molar-refractivity contribution in [1.29, 1.82) is 0 Å². The number of carbonyl (C=O) groups is 1. The van der Waals surface area contributed by atoms with Gasteiger partial charge in [-0.1, -0.05) is 6.92 Å². The number of furan rings is 1. The average molecular weight is 201 g/mol. The summed E-state index contributed by atoms with van der Waals surface area (Å²) in [5.41, 5.74) is 4.98. The Hall–Kier alpha value is -1.10. The molecular weight excluding hydrogens is 190 g/mol. The number of hydrogen-bond acceptors (Lipinski definition) is 3. The van der Waals surface area contributed by atoms with Crippen molar-refractivity contribution in [3.8, 4) is 0 Å². The predicted octanol–water partition coefficient (Wildman–Crippen LogP) is 0.647. The highest BCUT2D eigenvalue weighted by molar-refractivity contribution is 7.84. The molecule has 1 rings (SSSR count). The third kappa shape index (κ3) is 2.69. The fourth-order valence-corrected chi connectivity index (χ4v) is 1.53. The maximum Gasteiger partial charge on any atom is 0.284 e. The first-order valence-electron chi connectivity index (χ1n) is 3.87. The summed E-state index contributed by atoms with van der Waals surface area (Å²) >= 11 is 0. The van der Waals surface area contributed by atoms with Crippen molar-refractivity contribution in [1.82, 2.24) is 0 Å². The number of primary amides is 1. The van der Waals surface area contributed by atoms with Gasteiger partial charge < -0.3 is 10.2 Å². The quantitative estimate of drug-likeness (QED) is 0.777. The smallest absolute Gasteiger partial charge is 0.284 e. The molecule has 0 radical (unpaired) electrons. The minimum absolute atomic E-state index is 0.114. The summed E-state index contributed by atoms with van der Waals surface area (Å²) in [6, 6.07) is 3.11. The van der Waals surface area contributed by atoms with Crippen LogP contribution in [0, 0.1) is 0 Å². The Morgan fingerprint density at radius 1 is 1.62 bits per heavy atom. The lowest BCUT2D eigenvalue weighted by Gasteiger charge is -1.93. The van der Waals surface area contributed by atoms with E-state index in [1.807, 2.05) is 6.92 Å². The fourth-order valence-electron chi connectivity index (χ4n) is 0.849. The van der Waals surface area contributed by atoms with Gasteiger partial charge in [-0.25, -0.2) is 0 Å². The minimum Gasteiger partial charge on any atom is -0.455 e. The van der Waals surface area contributed by atoms with E-state index in [-0.39, 0.29) is 5.76 Å². The lowest BCUT2D eigenvalue weighted by molar-refractivity contribution is 0.0972. The van der Waals surface area contributed by atoms with Gasteiger partial charge in [0, 0.05) is 16.6 Å². The van der Waals surface area contributed by atoms with E-state index in [9.17, 15) is 9.00 Å². The summed E-state index contributed by atoms with van der Waals surface area (Å²) in [6.07, 6.45) is 0. The van der Waals surface area contributed by atoms with E-state index < -0.39 is 16.7 Å². The van der Waals surface area contributed by atoms with Gasteiger partial charge in [0.2, 0.25) is 0 Å². The first-order valence-corrected chi connectivity index (χ1v) is 5.35. The molecule has 1 atom stereocenters. The molecule has 0 saturated heterocycles. The van der Waals surface area contributed by atoms with Gasteiger partial charge in [0.1, 0.15) is 5.76 Å². The zero-order chi connectivity index (χ0) is 9.84. The van der Waals surface area contributed by atoms with Gasteiger partial charge in [-0.15, -0.1) is 0 Å². The molecule has 1 amide bonds. The highest BCUT2D eigenvalue weighted by atomic mass is 32.2. The second-order valence-corrected chi connectivity index (χ2v) is 4.25. The molecule has 0 aliphatic carbocycles. The predicted molar refractivity (Wildman–Crippen MR) is 49.6 cm³/mol. The van der Waals surface area contributed by atoms with Gasteiger partial charge in [-0.3, -0.25) is 9.00 Å². The van der Waals surface area contributed by atoms with Crippen LogP contribution in [0.25, 0.3) is 0 Å². The van der Waals surface area contributed by atoms with Crippen LogP contribution in [0.3, 0.4) is 0 Å². The minimum atomic E-state index is -0.924. The molecule has 1 aromatic rings. The summed E-state index contributed by atoms with van der Waals surface area (Å²) in [4.78, 5) is 10.6. The zero-order valence-electron chi connectivity index (χ0n) is 7.28. The number of nitrogens with two attached hydrogens (primary N) is 1. The molecule has 0 fully saturated rings. The zero-order valence-corrected chi connectivity index (χ0v) is 8.10. The second-order valence-electron chi connectivity index (χ2n) is 2.50. The van der Waals surface area contributed by atoms with Crippen LogP contribution in [0.4, 0.5) is 0 Å². The number of carbonyl (C=O) groups excluding carboxylic acids is 1. The van der Waals surface area contributed by atoms with Crippen molar-refractivity contribution in [2.24, 2.45) is 5.73 Å². The molecule has 0 spiro atoms. The van der Waals surface area contributed by atoms with Crippen LogP contribution in [-0.4, -0.2) is 15.9 Å². The fraction of sp³-hybridized carbons (Fsp3) is 0.375. The summed E-state index contributed by atoms with van der Waals surface area (Å²) in [6.45, 7) is 1.83. The summed E-state index contributed by atoms with van der Waals surface area (Å²) in [5, 5.41) is 0. The monoisotopic (exact) mass is 201 g/mol. The molecule has 5 heteroatoms. The van der Waals surface area contributed by atoms with Crippen LogP contribution in [0.2, 0.25) is 0 Å². The van der Waals surface area contributed by atoms with Crippen molar-refractivity contribution in [3.05, 3.63) is 23.7 Å². The lowest BCUT2D eigenvalue weighted by atomic mass is 10.4. The van der Waals surface area contributed by atoms with Crippen LogP contribution in [0.1, 0.15) is 23.2 Å². The first kappa shape index (κ1) is 9.98. The van der Waals surface area contributed by atoms with Crippen molar-refractivity contribution < 1.29 is 13.4 Å². The Bertz CT molecular complexity index is 332. The molecular formula is C8H11NO3S. The van der Waals surface area contributed by atoms with Gasteiger partial charge >= 0.3 is 0 Å². The third-order valence-corrected chi connectivity index (χ3v) is 2.78. The summed E-state index contributed by atoms with van der Waals surface area (Å²) in [5.74, 6) is 0.960. The Morgan fingerprint density at radius 2 is 2.31 bits per heavy atom. The van der Waals surface area contributed by atoms with Crippen LogP contribution in [0.15, 0.2) is 16.5 Å². The van der Waals surface area contributed by atoms with Crippen LogP contribution < -0.4 is 5.73 Å². The van der Waals surface area contributed by atoms with E-state index in [2.05, 4.69) is 0 Å². The van der Waals surface area contributed by atoms with E-state index in [0.717, 1.165) is 0 Å². The largest absolute Gasteiger partial charge is 0.455 e. The van der Waals surface area contributed by atoms with E-state index in [4.69, 9.17) is 10.2 Å². The standard InChI is InChI=1S/C8H11NO3S/c1-2-13(11)5-6-3-4-7(12-6)8(9)10/h3-4H,2,5H2,1H3,(H2,9,10). The van der Waals surface area contributed by atoms with Gasteiger partial charge in [-0.2, -0.15) is 0 Å². The van der Waals surface area contributed by atoms with E-state index in [0.29, 0.717) is 17.3 Å². The van der Waals surface area contributed by atoms with Crippen LogP contribution >= 0.6 is 0 Å².